The number of nitrogens with zero attached hydrogens (tertiary/aromatic N) is 1. The van der Waals surface area contributed by atoms with E-state index in [1.165, 1.54) is 7.11 Å². The lowest BCUT2D eigenvalue weighted by Gasteiger charge is -2.23. The molecule has 0 fully saturated rings. The lowest BCUT2D eigenvalue weighted by atomic mass is 10.2. The molecule has 0 spiro atoms. The monoisotopic (exact) mass is 257 g/mol. The lowest BCUT2D eigenvalue weighted by molar-refractivity contribution is 0.0695. The topological polar surface area (TPSA) is 49.8 Å². The highest BCUT2D eigenvalue weighted by Gasteiger charge is 2.11. The number of anilines is 1. The van der Waals surface area contributed by atoms with Gasteiger partial charge in [-0.15, -0.1) is 0 Å². The van der Waals surface area contributed by atoms with Crippen LogP contribution in [0.1, 0.15) is 10.4 Å². The minimum atomic E-state index is -0.577. The van der Waals surface area contributed by atoms with Crippen LogP contribution in [0.15, 0.2) is 18.2 Å². The summed E-state index contributed by atoms with van der Waals surface area (Å²) in [5.41, 5.74) is 1.30. The molecule has 4 nitrogen and oxygen atoms in total. The number of halogens is 1. The quantitative estimate of drug-likeness (QED) is 0.787. The van der Waals surface area contributed by atoms with Crippen LogP contribution >= 0.6 is 11.6 Å². The first kappa shape index (κ1) is 14.0. The second-order valence-corrected chi connectivity index (χ2v) is 4.23. The third kappa shape index (κ3) is 4.00. The Kier molecular flexibility index (Phi) is 5.41. The van der Waals surface area contributed by atoms with E-state index in [1.54, 1.807) is 18.2 Å². The molecule has 0 amide bonds. The average Bonchev–Trinajstić information content (AvgIpc) is 2.28. The molecule has 0 saturated heterocycles. The van der Waals surface area contributed by atoms with E-state index in [9.17, 15) is 9.90 Å². The normalized spacial score (nSPS) is 12.2. The second-order valence-electron chi connectivity index (χ2n) is 3.82. The standard InChI is InChI=1S/C12H16ClNO3/c1-14(6-10(16)8-17-2)12-4-3-9(7-15)5-11(12)13/h3-5,7,10,16H,6,8H2,1-2H3. The Morgan fingerprint density at radius 3 is 2.82 bits per heavy atom. The van der Waals surface area contributed by atoms with Gasteiger partial charge >= 0.3 is 0 Å². The molecule has 5 heteroatoms. The third-order valence-electron chi connectivity index (χ3n) is 2.36. The maximum atomic E-state index is 10.6. The largest absolute Gasteiger partial charge is 0.389 e. The number of aldehydes is 1. The van der Waals surface area contributed by atoms with Gasteiger partial charge in [-0.1, -0.05) is 11.6 Å². The van der Waals surface area contributed by atoms with Gasteiger partial charge in [0.15, 0.2) is 0 Å². The molecule has 1 atom stereocenters. The number of rotatable bonds is 6. The van der Waals surface area contributed by atoms with E-state index in [1.807, 2.05) is 11.9 Å². The van der Waals surface area contributed by atoms with Gasteiger partial charge in [-0.3, -0.25) is 4.79 Å². The van der Waals surface area contributed by atoms with Crippen molar-refractivity contribution >= 4 is 23.6 Å². The number of hydrogen-bond donors (Lipinski definition) is 1. The molecule has 1 rings (SSSR count). The van der Waals surface area contributed by atoms with Gasteiger partial charge in [-0.25, -0.2) is 0 Å². The van der Waals surface area contributed by atoms with Crippen molar-refractivity contribution in [1.82, 2.24) is 0 Å². The van der Waals surface area contributed by atoms with Gasteiger partial charge in [-0.2, -0.15) is 0 Å². The summed E-state index contributed by atoms with van der Waals surface area (Å²) in [7, 11) is 3.36. The fourth-order valence-electron chi connectivity index (χ4n) is 1.57. The predicted molar refractivity (Wildman–Crippen MR) is 68.0 cm³/mol. The number of methoxy groups -OCH3 is 1. The minimum absolute atomic E-state index is 0.272. The lowest BCUT2D eigenvalue weighted by Crippen LogP contribution is -2.32. The van der Waals surface area contributed by atoms with E-state index in [0.717, 1.165) is 12.0 Å². The zero-order valence-electron chi connectivity index (χ0n) is 9.89. The van der Waals surface area contributed by atoms with Crippen molar-refractivity contribution in [2.75, 3.05) is 32.2 Å². The number of carbonyl (C=O) groups is 1. The van der Waals surface area contributed by atoms with Gasteiger partial charge in [0.25, 0.3) is 0 Å². The van der Waals surface area contributed by atoms with Gasteiger partial charge in [0.05, 0.1) is 23.4 Å². The summed E-state index contributed by atoms with van der Waals surface area (Å²) in [5, 5.41) is 10.1. The van der Waals surface area contributed by atoms with Gasteiger partial charge in [0.2, 0.25) is 0 Å². The highest BCUT2D eigenvalue weighted by Crippen LogP contribution is 2.25. The van der Waals surface area contributed by atoms with Crippen LogP contribution < -0.4 is 4.90 Å². The number of benzene rings is 1. The molecule has 0 aliphatic carbocycles. The highest BCUT2D eigenvalue weighted by molar-refractivity contribution is 6.33. The van der Waals surface area contributed by atoms with Crippen molar-refractivity contribution in [3.63, 3.8) is 0 Å². The van der Waals surface area contributed by atoms with E-state index < -0.39 is 6.10 Å². The van der Waals surface area contributed by atoms with Crippen molar-refractivity contribution in [2.24, 2.45) is 0 Å². The molecule has 17 heavy (non-hydrogen) atoms. The van der Waals surface area contributed by atoms with E-state index in [4.69, 9.17) is 16.3 Å². The molecule has 94 valence electrons. The van der Waals surface area contributed by atoms with E-state index >= 15 is 0 Å². The van der Waals surface area contributed by atoms with Crippen molar-refractivity contribution in [2.45, 2.75) is 6.10 Å². The molecular weight excluding hydrogens is 242 g/mol. The number of likely N-dealkylation sites (N-methyl/N-ethyl adjacent to an activating group) is 1. The van der Waals surface area contributed by atoms with Crippen LogP contribution in [-0.4, -0.2) is 44.8 Å². The summed E-state index contributed by atoms with van der Waals surface area (Å²) in [4.78, 5) is 12.4. The molecule has 1 aromatic carbocycles. The molecule has 0 heterocycles. The van der Waals surface area contributed by atoms with Crippen LogP contribution in [0.4, 0.5) is 5.69 Å². The van der Waals surface area contributed by atoms with Crippen LogP contribution in [-0.2, 0) is 4.74 Å². The fourth-order valence-corrected chi connectivity index (χ4v) is 1.90. The Labute approximate surface area is 106 Å². The fraction of sp³-hybridized carbons (Fsp3) is 0.417. The Morgan fingerprint density at radius 1 is 1.59 bits per heavy atom. The number of aliphatic hydroxyl groups is 1. The molecule has 1 unspecified atom stereocenters. The van der Waals surface area contributed by atoms with Gasteiger partial charge in [0, 0.05) is 26.3 Å². The second kappa shape index (κ2) is 6.59. The van der Waals surface area contributed by atoms with Crippen molar-refractivity contribution in [3.8, 4) is 0 Å². The molecular formula is C12H16ClNO3. The number of aliphatic hydroxyl groups excluding tert-OH is 1. The highest BCUT2D eigenvalue weighted by atomic mass is 35.5. The summed E-state index contributed by atoms with van der Waals surface area (Å²) in [6, 6.07) is 5.04. The van der Waals surface area contributed by atoms with Crippen LogP contribution in [0.5, 0.6) is 0 Å². The summed E-state index contributed by atoms with van der Waals surface area (Å²) in [5.74, 6) is 0. The van der Waals surface area contributed by atoms with E-state index in [0.29, 0.717) is 17.1 Å². The van der Waals surface area contributed by atoms with Gasteiger partial charge in [0.1, 0.15) is 6.29 Å². The first-order valence-electron chi connectivity index (χ1n) is 5.21. The maximum absolute atomic E-state index is 10.6. The zero-order chi connectivity index (χ0) is 12.8. The van der Waals surface area contributed by atoms with Crippen LogP contribution in [0.3, 0.4) is 0 Å². The Hall–Kier alpha value is -1.10. The molecule has 0 radical (unpaired) electrons. The summed E-state index contributed by atoms with van der Waals surface area (Å²) >= 11 is 6.05. The molecule has 0 aliphatic rings. The molecule has 0 aromatic heterocycles. The third-order valence-corrected chi connectivity index (χ3v) is 2.67. The van der Waals surface area contributed by atoms with Crippen molar-refractivity contribution < 1.29 is 14.6 Å². The zero-order valence-corrected chi connectivity index (χ0v) is 10.6. The number of carbonyl (C=O) groups excluding carboxylic acids is 1. The van der Waals surface area contributed by atoms with Gasteiger partial charge in [-0.05, 0) is 18.2 Å². The van der Waals surface area contributed by atoms with E-state index in [-0.39, 0.29) is 6.61 Å². The summed E-state index contributed by atoms with van der Waals surface area (Å²) < 4.78 is 4.85. The Balaban J connectivity index is 2.74. The molecule has 0 bridgehead atoms. The minimum Gasteiger partial charge on any atom is -0.389 e. The van der Waals surface area contributed by atoms with E-state index in [2.05, 4.69) is 0 Å². The molecule has 1 N–H and O–H groups in total. The van der Waals surface area contributed by atoms with Crippen LogP contribution in [0.25, 0.3) is 0 Å². The first-order chi connectivity index (χ1) is 8.08. The maximum Gasteiger partial charge on any atom is 0.150 e. The summed E-state index contributed by atoms with van der Waals surface area (Å²) in [6.45, 7) is 0.683. The van der Waals surface area contributed by atoms with Crippen LogP contribution in [0.2, 0.25) is 5.02 Å². The molecule has 1 aromatic rings. The Bertz CT molecular complexity index is 384. The molecule has 0 saturated carbocycles. The molecule has 0 aliphatic heterocycles. The first-order valence-corrected chi connectivity index (χ1v) is 5.59. The van der Waals surface area contributed by atoms with Crippen molar-refractivity contribution in [1.29, 1.82) is 0 Å². The summed E-state index contributed by atoms with van der Waals surface area (Å²) in [6.07, 6.45) is 0.168. The van der Waals surface area contributed by atoms with Gasteiger partial charge < -0.3 is 14.7 Å². The Morgan fingerprint density at radius 2 is 2.29 bits per heavy atom. The van der Waals surface area contributed by atoms with Crippen molar-refractivity contribution in [3.05, 3.63) is 28.8 Å². The predicted octanol–water partition coefficient (Wildman–Crippen LogP) is 1.60. The SMILES string of the molecule is COCC(O)CN(C)c1ccc(C=O)cc1Cl. The van der Waals surface area contributed by atoms with Crippen LogP contribution in [0, 0.1) is 0 Å². The smallest absolute Gasteiger partial charge is 0.150 e. The average molecular weight is 258 g/mol. The number of hydrogen-bond acceptors (Lipinski definition) is 4. The number of ether oxygens (including phenoxy) is 1.